The van der Waals surface area contributed by atoms with Crippen LogP contribution in [0.4, 0.5) is 11.4 Å². The molecule has 24 heavy (non-hydrogen) atoms. The molecule has 0 spiro atoms. The van der Waals surface area contributed by atoms with E-state index in [-0.39, 0.29) is 41.5 Å². The van der Waals surface area contributed by atoms with Crippen LogP contribution in [0.25, 0.3) is 0 Å². The molecule has 0 aliphatic carbocycles. The summed E-state index contributed by atoms with van der Waals surface area (Å²) in [5.41, 5.74) is 0.299. The van der Waals surface area contributed by atoms with Crippen LogP contribution in [0, 0.1) is 10.1 Å². The molecule has 1 amide bonds. The van der Waals surface area contributed by atoms with Gasteiger partial charge in [-0.1, -0.05) is 0 Å². The first-order valence-corrected chi connectivity index (χ1v) is 7.29. The van der Waals surface area contributed by atoms with Gasteiger partial charge < -0.3 is 20.1 Å². The zero-order chi connectivity index (χ0) is 17.9. The van der Waals surface area contributed by atoms with Crippen LogP contribution < -0.4 is 5.32 Å². The van der Waals surface area contributed by atoms with E-state index in [9.17, 15) is 19.7 Å². The number of hydrogen-bond donors (Lipinski definition) is 3. The minimum absolute atomic E-state index is 0.000506. The van der Waals surface area contributed by atoms with Gasteiger partial charge in [-0.2, -0.15) is 0 Å². The second kappa shape index (κ2) is 7.32. The van der Waals surface area contributed by atoms with E-state index >= 15 is 0 Å². The van der Waals surface area contributed by atoms with Crippen molar-refractivity contribution in [2.75, 3.05) is 32.1 Å². The number of aliphatic hydroxyl groups excluding tert-OH is 1. The van der Waals surface area contributed by atoms with Crippen molar-refractivity contribution in [3.05, 3.63) is 39.6 Å². The van der Waals surface area contributed by atoms with Gasteiger partial charge in [0.05, 0.1) is 36.4 Å². The molecule has 1 aliphatic heterocycles. The van der Waals surface area contributed by atoms with Crippen molar-refractivity contribution < 1.29 is 24.4 Å². The number of nitrogens with zero attached hydrogens (tertiary/aromatic N) is 2. The number of nitro benzene ring substituents is 1. The molecular weight excluding hydrogens is 338 g/mol. The minimum Gasteiger partial charge on any atom is -0.466 e. The summed E-state index contributed by atoms with van der Waals surface area (Å²) in [7, 11) is 1.20. The summed E-state index contributed by atoms with van der Waals surface area (Å²) in [5, 5.41) is 22.5. The number of nitrogens with one attached hydrogen (secondary N) is 1. The summed E-state index contributed by atoms with van der Waals surface area (Å²) < 4.78 is 4.67. The maximum atomic E-state index is 12.4. The molecule has 1 aromatic carbocycles. The van der Waals surface area contributed by atoms with Crippen LogP contribution in [0.15, 0.2) is 34.4 Å². The minimum atomic E-state index is -0.672. The van der Waals surface area contributed by atoms with Gasteiger partial charge in [-0.25, -0.2) is 4.79 Å². The molecule has 10 heteroatoms. The van der Waals surface area contributed by atoms with E-state index in [2.05, 4.69) is 22.7 Å². The standard InChI is InChI=1S/C14H15N3O6S/c1-23-14(20)9-7-16(4-5-18)13(19)12(9)15-10-3-2-8(17(21)22)6-11(10)24/h2-3,6,15,18,24H,4-5,7H2,1H3. The van der Waals surface area contributed by atoms with E-state index < -0.39 is 16.8 Å². The van der Waals surface area contributed by atoms with Gasteiger partial charge in [-0.15, -0.1) is 12.6 Å². The molecule has 0 aromatic heterocycles. The van der Waals surface area contributed by atoms with Crippen molar-refractivity contribution in [1.29, 1.82) is 0 Å². The number of benzene rings is 1. The van der Waals surface area contributed by atoms with Gasteiger partial charge in [0.1, 0.15) is 5.70 Å². The maximum absolute atomic E-state index is 12.4. The fraction of sp³-hybridized carbons (Fsp3) is 0.286. The number of aliphatic hydroxyl groups is 1. The average molecular weight is 353 g/mol. The lowest BCUT2D eigenvalue weighted by Crippen LogP contribution is -2.31. The Labute approximate surface area is 142 Å². The van der Waals surface area contributed by atoms with E-state index in [1.54, 1.807) is 0 Å². The number of β-amino-alcohol motifs (C(OH)–C–C–N with tert-alkyl or cyclic N) is 1. The first-order valence-electron chi connectivity index (χ1n) is 6.85. The van der Waals surface area contributed by atoms with Crippen molar-refractivity contribution in [2.45, 2.75) is 4.90 Å². The normalized spacial score (nSPS) is 14.1. The van der Waals surface area contributed by atoms with Crippen LogP contribution in [0.3, 0.4) is 0 Å². The molecule has 0 atom stereocenters. The molecule has 1 aromatic rings. The third kappa shape index (κ3) is 3.49. The molecule has 9 nitrogen and oxygen atoms in total. The quantitative estimate of drug-likeness (QED) is 0.295. The van der Waals surface area contributed by atoms with Gasteiger partial charge in [0.25, 0.3) is 11.6 Å². The molecule has 2 rings (SSSR count). The number of esters is 1. The van der Waals surface area contributed by atoms with E-state index in [0.717, 1.165) is 0 Å². The Morgan fingerprint density at radius 3 is 2.79 bits per heavy atom. The van der Waals surface area contributed by atoms with Crippen molar-refractivity contribution in [2.24, 2.45) is 0 Å². The van der Waals surface area contributed by atoms with Crippen LogP contribution in [0.1, 0.15) is 0 Å². The lowest BCUT2D eigenvalue weighted by molar-refractivity contribution is -0.385. The van der Waals surface area contributed by atoms with Crippen LogP contribution in [0.5, 0.6) is 0 Å². The van der Waals surface area contributed by atoms with Crippen molar-refractivity contribution >= 4 is 35.9 Å². The van der Waals surface area contributed by atoms with E-state index in [1.807, 2.05) is 0 Å². The second-order valence-corrected chi connectivity index (χ2v) is 5.36. The van der Waals surface area contributed by atoms with Gasteiger partial charge in [-0.3, -0.25) is 14.9 Å². The average Bonchev–Trinajstić information content (AvgIpc) is 2.85. The fourth-order valence-corrected chi connectivity index (χ4v) is 2.49. The highest BCUT2D eigenvalue weighted by Gasteiger charge is 2.34. The van der Waals surface area contributed by atoms with Crippen LogP contribution in [0.2, 0.25) is 0 Å². The third-order valence-electron chi connectivity index (χ3n) is 3.41. The number of anilines is 1. The predicted molar refractivity (Wildman–Crippen MR) is 86.7 cm³/mol. The Morgan fingerprint density at radius 2 is 2.25 bits per heavy atom. The van der Waals surface area contributed by atoms with E-state index in [4.69, 9.17) is 5.11 Å². The highest BCUT2D eigenvalue weighted by molar-refractivity contribution is 7.80. The number of non-ortho nitro benzene ring substituents is 1. The van der Waals surface area contributed by atoms with Gasteiger partial charge in [0.2, 0.25) is 0 Å². The monoisotopic (exact) mass is 353 g/mol. The summed E-state index contributed by atoms with van der Waals surface area (Å²) in [6, 6.07) is 3.88. The number of rotatable bonds is 6. The zero-order valence-corrected chi connectivity index (χ0v) is 13.6. The largest absolute Gasteiger partial charge is 0.466 e. The number of ether oxygens (including phenoxy) is 1. The molecule has 0 saturated heterocycles. The molecular formula is C14H15N3O6S. The maximum Gasteiger partial charge on any atom is 0.337 e. The summed E-state index contributed by atoms with van der Waals surface area (Å²) in [6.07, 6.45) is 0. The number of thiol groups is 1. The molecule has 0 unspecified atom stereocenters. The van der Waals surface area contributed by atoms with E-state index in [1.165, 1.54) is 30.2 Å². The first-order chi connectivity index (χ1) is 11.4. The molecule has 1 heterocycles. The number of carbonyl (C=O) groups excluding carboxylic acids is 2. The Bertz CT molecular complexity index is 733. The topological polar surface area (TPSA) is 122 Å². The molecule has 0 fully saturated rings. The number of amides is 1. The van der Waals surface area contributed by atoms with Crippen molar-refractivity contribution in [3.8, 4) is 0 Å². The first kappa shape index (κ1) is 17.8. The number of carbonyl (C=O) groups is 2. The molecule has 128 valence electrons. The summed E-state index contributed by atoms with van der Waals surface area (Å²) in [6.45, 7) is -0.176. The van der Waals surface area contributed by atoms with Gasteiger partial charge >= 0.3 is 5.97 Å². The van der Waals surface area contributed by atoms with Gasteiger partial charge in [-0.05, 0) is 6.07 Å². The zero-order valence-electron chi connectivity index (χ0n) is 12.7. The summed E-state index contributed by atoms with van der Waals surface area (Å²) in [5.74, 6) is -1.15. The summed E-state index contributed by atoms with van der Waals surface area (Å²) >= 11 is 4.16. The van der Waals surface area contributed by atoms with Gasteiger partial charge in [0.15, 0.2) is 0 Å². The Balaban J connectivity index is 2.35. The Kier molecular flexibility index (Phi) is 5.42. The molecule has 0 saturated carbocycles. The molecule has 0 bridgehead atoms. The Morgan fingerprint density at radius 1 is 1.54 bits per heavy atom. The Hall–Kier alpha value is -2.59. The number of methoxy groups -OCH3 is 1. The van der Waals surface area contributed by atoms with Gasteiger partial charge in [0, 0.05) is 23.6 Å². The smallest absolute Gasteiger partial charge is 0.337 e. The molecule has 0 radical (unpaired) electrons. The molecule has 1 aliphatic rings. The van der Waals surface area contributed by atoms with E-state index in [0.29, 0.717) is 5.69 Å². The third-order valence-corrected chi connectivity index (χ3v) is 3.78. The molecule has 2 N–H and O–H groups in total. The predicted octanol–water partition coefficient (Wildman–Crippen LogP) is 0.557. The lowest BCUT2D eigenvalue weighted by Gasteiger charge is -2.15. The fourth-order valence-electron chi connectivity index (χ4n) is 2.22. The second-order valence-electron chi connectivity index (χ2n) is 4.88. The van der Waals surface area contributed by atoms with Crippen LogP contribution in [-0.2, 0) is 14.3 Å². The van der Waals surface area contributed by atoms with Crippen molar-refractivity contribution in [1.82, 2.24) is 4.90 Å². The summed E-state index contributed by atoms with van der Waals surface area (Å²) in [4.78, 5) is 36.0. The highest BCUT2D eigenvalue weighted by atomic mass is 32.1. The lowest BCUT2D eigenvalue weighted by atomic mass is 10.2. The number of nitro groups is 1. The van der Waals surface area contributed by atoms with Crippen LogP contribution in [-0.4, -0.2) is 53.6 Å². The SMILES string of the molecule is COC(=O)C1=C(Nc2ccc([N+](=O)[O-])cc2S)C(=O)N(CCO)C1. The highest BCUT2D eigenvalue weighted by Crippen LogP contribution is 2.29. The number of hydrogen-bond acceptors (Lipinski definition) is 8. The van der Waals surface area contributed by atoms with Crippen LogP contribution >= 0.6 is 12.6 Å². The van der Waals surface area contributed by atoms with Crippen molar-refractivity contribution in [3.63, 3.8) is 0 Å².